The first-order chi connectivity index (χ1) is 7.58. The lowest BCUT2D eigenvalue weighted by Gasteiger charge is -2.42. The monoisotopic (exact) mass is 221 g/mol. The van der Waals surface area contributed by atoms with E-state index in [0.717, 1.165) is 18.4 Å². The van der Waals surface area contributed by atoms with Crippen molar-refractivity contribution >= 4 is 0 Å². The molecule has 0 fully saturated rings. The van der Waals surface area contributed by atoms with Crippen molar-refractivity contribution in [2.75, 3.05) is 14.1 Å². The summed E-state index contributed by atoms with van der Waals surface area (Å²) in [6.45, 7) is 4.27. The number of likely N-dealkylation sites (N-methyl/N-ethyl adjacent to an activating group) is 1. The molecular weight excluding hydrogens is 198 g/mol. The molecule has 0 radical (unpaired) electrons. The molecule has 0 saturated heterocycles. The first-order valence-corrected chi connectivity index (χ1v) is 5.99. The molecule has 90 valence electrons. The van der Waals surface area contributed by atoms with Crippen LogP contribution in [-0.4, -0.2) is 29.6 Å². The van der Waals surface area contributed by atoms with Crippen molar-refractivity contribution in [2.24, 2.45) is 0 Å². The molecule has 0 bridgehead atoms. The van der Waals surface area contributed by atoms with Crippen LogP contribution in [0.2, 0.25) is 0 Å². The van der Waals surface area contributed by atoms with Crippen molar-refractivity contribution < 1.29 is 5.11 Å². The smallest absolute Gasteiger partial charge is 0.0973 e. The fourth-order valence-electron chi connectivity index (χ4n) is 2.46. The minimum Gasteiger partial charge on any atom is -0.386 e. The van der Waals surface area contributed by atoms with Crippen molar-refractivity contribution in [1.29, 1.82) is 0 Å². The van der Waals surface area contributed by atoms with Crippen LogP contribution in [0.3, 0.4) is 0 Å². The Hall–Kier alpha value is -0.860. The molecule has 1 unspecified atom stereocenters. The molecule has 1 rings (SSSR count). The maximum absolute atomic E-state index is 10.6. The maximum Gasteiger partial charge on any atom is 0.0973 e. The zero-order valence-electron chi connectivity index (χ0n) is 10.8. The van der Waals surface area contributed by atoms with E-state index < -0.39 is 6.10 Å². The molecule has 0 heterocycles. The predicted molar refractivity (Wildman–Crippen MR) is 68.4 cm³/mol. The van der Waals surface area contributed by atoms with Crippen LogP contribution in [0.5, 0.6) is 0 Å². The van der Waals surface area contributed by atoms with Crippen LogP contribution in [0.25, 0.3) is 0 Å². The summed E-state index contributed by atoms with van der Waals surface area (Å²) in [5, 5.41) is 10.6. The molecule has 0 spiro atoms. The molecule has 0 aliphatic carbocycles. The molecule has 2 nitrogen and oxygen atoms in total. The fraction of sp³-hybridized carbons (Fsp3) is 0.571. The third-order valence-corrected chi connectivity index (χ3v) is 3.74. The lowest BCUT2D eigenvalue weighted by molar-refractivity contribution is -0.0149. The summed E-state index contributed by atoms with van der Waals surface area (Å²) >= 11 is 0. The van der Waals surface area contributed by atoms with E-state index in [4.69, 9.17) is 0 Å². The Morgan fingerprint density at radius 2 is 1.62 bits per heavy atom. The van der Waals surface area contributed by atoms with E-state index in [2.05, 4.69) is 18.7 Å². The van der Waals surface area contributed by atoms with E-state index >= 15 is 0 Å². The van der Waals surface area contributed by atoms with E-state index in [-0.39, 0.29) is 5.54 Å². The zero-order valence-corrected chi connectivity index (χ0v) is 10.8. The molecule has 0 aromatic heterocycles. The molecule has 2 heteroatoms. The maximum atomic E-state index is 10.6. The number of benzene rings is 1. The third kappa shape index (κ3) is 2.28. The summed E-state index contributed by atoms with van der Waals surface area (Å²) in [6, 6.07) is 9.92. The van der Waals surface area contributed by atoms with Crippen LogP contribution in [0, 0.1) is 0 Å². The second-order valence-corrected chi connectivity index (χ2v) is 4.52. The largest absolute Gasteiger partial charge is 0.386 e. The minimum atomic E-state index is -0.432. The highest BCUT2D eigenvalue weighted by molar-refractivity contribution is 5.21. The average molecular weight is 221 g/mol. The van der Waals surface area contributed by atoms with Crippen LogP contribution < -0.4 is 0 Å². The quantitative estimate of drug-likeness (QED) is 0.826. The van der Waals surface area contributed by atoms with Gasteiger partial charge in [-0.2, -0.15) is 0 Å². The molecule has 1 atom stereocenters. The number of nitrogens with zero attached hydrogens (tertiary/aromatic N) is 1. The Labute approximate surface area is 98.9 Å². The van der Waals surface area contributed by atoms with Crippen molar-refractivity contribution in [1.82, 2.24) is 4.90 Å². The summed E-state index contributed by atoms with van der Waals surface area (Å²) in [4.78, 5) is 2.14. The second-order valence-electron chi connectivity index (χ2n) is 4.52. The molecule has 1 aromatic rings. The number of rotatable bonds is 5. The predicted octanol–water partition coefficient (Wildman–Crippen LogP) is 2.84. The number of hydrogen-bond acceptors (Lipinski definition) is 2. The number of aliphatic hydroxyl groups excluding tert-OH is 1. The number of hydrogen-bond donors (Lipinski definition) is 1. The van der Waals surface area contributed by atoms with Crippen LogP contribution >= 0.6 is 0 Å². The Morgan fingerprint density at radius 3 is 2.00 bits per heavy atom. The fourth-order valence-corrected chi connectivity index (χ4v) is 2.46. The SMILES string of the molecule is CCC(CC)(C(O)c1ccccc1)N(C)C. The molecule has 1 N–H and O–H groups in total. The van der Waals surface area contributed by atoms with Gasteiger partial charge in [0, 0.05) is 5.54 Å². The summed E-state index contributed by atoms with van der Waals surface area (Å²) in [6.07, 6.45) is 1.44. The van der Waals surface area contributed by atoms with Gasteiger partial charge in [0.05, 0.1) is 6.10 Å². The second kappa shape index (κ2) is 5.46. The van der Waals surface area contributed by atoms with Gasteiger partial charge in [0.2, 0.25) is 0 Å². The van der Waals surface area contributed by atoms with Crippen molar-refractivity contribution in [3.8, 4) is 0 Å². The van der Waals surface area contributed by atoms with Crippen molar-refractivity contribution in [3.63, 3.8) is 0 Å². The average Bonchev–Trinajstić information content (AvgIpc) is 2.32. The van der Waals surface area contributed by atoms with Gasteiger partial charge in [0.25, 0.3) is 0 Å². The highest BCUT2D eigenvalue weighted by atomic mass is 16.3. The van der Waals surface area contributed by atoms with Crippen molar-refractivity contribution in [2.45, 2.75) is 38.3 Å². The van der Waals surface area contributed by atoms with Gasteiger partial charge in [-0.25, -0.2) is 0 Å². The van der Waals surface area contributed by atoms with E-state index in [1.165, 1.54) is 0 Å². The number of aliphatic hydroxyl groups is 1. The van der Waals surface area contributed by atoms with Gasteiger partial charge < -0.3 is 10.0 Å². The highest BCUT2D eigenvalue weighted by Crippen LogP contribution is 2.35. The van der Waals surface area contributed by atoms with Crippen LogP contribution in [0.15, 0.2) is 30.3 Å². The van der Waals surface area contributed by atoms with Gasteiger partial charge in [-0.3, -0.25) is 0 Å². The molecule has 0 amide bonds. The van der Waals surface area contributed by atoms with E-state index in [1.807, 2.05) is 44.4 Å². The molecule has 16 heavy (non-hydrogen) atoms. The van der Waals surface area contributed by atoms with Crippen LogP contribution in [0.4, 0.5) is 0 Å². The van der Waals surface area contributed by atoms with Gasteiger partial charge >= 0.3 is 0 Å². The van der Waals surface area contributed by atoms with Crippen LogP contribution in [-0.2, 0) is 0 Å². The first-order valence-electron chi connectivity index (χ1n) is 5.99. The minimum absolute atomic E-state index is 0.165. The van der Waals surface area contributed by atoms with Gasteiger partial charge in [-0.15, -0.1) is 0 Å². The summed E-state index contributed by atoms with van der Waals surface area (Å²) in [5.41, 5.74) is 0.835. The third-order valence-electron chi connectivity index (χ3n) is 3.74. The van der Waals surface area contributed by atoms with Gasteiger partial charge in [0.15, 0.2) is 0 Å². The van der Waals surface area contributed by atoms with E-state index in [1.54, 1.807) is 0 Å². The zero-order chi connectivity index (χ0) is 12.2. The topological polar surface area (TPSA) is 23.5 Å². The highest BCUT2D eigenvalue weighted by Gasteiger charge is 2.37. The lowest BCUT2D eigenvalue weighted by atomic mass is 9.82. The Balaban J connectivity index is 3.05. The Morgan fingerprint density at radius 1 is 1.12 bits per heavy atom. The van der Waals surface area contributed by atoms with E-state index in [0.29, 0.717) is 0 Å². The molecule has 0 saturated carbocycles. The summed E-state index contributed by atoms with van der Waals surface area (Å²) < 4.78 is 0. The standard InChI is InChI=1S/C14H23NO/c1-5-14(6-2,15(3)4)13(16)12-10-8-7-9-11-12/h7-11,13,16H,5-6H2,1-4H3. The van der Waals surface area contributed by atoms with Gasteiger partial charge in [-0.05, 0) is 32.5 Å². The molecule has 0 aliphatic rings. The first kappa shape index (κ1) is 13.2. The van der Waals surface area contributed by atoms with Crippen LogP contribution in [0.1, 0.15) is 38.4 Å². The van der Waals surface area contributed by atoms with Crippen molar-refractivity contribution in [3.05, 3.63) is 35.9 Å². The molecular formula is C14H23NO. The Kier molecular flexibility index (Phi) is 4.51. The Bertz CT molecular complexity index is 304. The summed E-state index contributed by atoms with van der Waals surface area (Å²) in [7, 11) is 4.08. The lowest BCUT2D eigenvalue weighted by Crippen LogP contribution is -2.48. The summed E-state index contributed by atoms with van der Waals surface area (Å²) in [5.74, 6) is 0. The molecule has 1 aromatic carbocycles. The van der Waals surface area contributed by atoms with Gasteiger partial charge in [0.1, 0.15) is 0 Å². The van der Waals surface area contributed by atoms with E-state index in [9.17, 15) is 5.11 Å². The van der Waals surface area contributed by atoms with Gasteiger partial charge in [-0.1, -0.05) is 44.2 Å². The normalized spacial score (nSPS) is 14.1. The molecule has 0 aliphatic heterocycles.